The summed E-state index contributed by atoms with van der Waals surface area (Å²) >= 11 is 0. The molecule has 0 aliphatic heterocycles. The monoisotopic (exact) mass is 240 g/mol. The lowest BCUT2D eigenvalue weighted by Crippen LogP contribution is -2.51. The third-order valence-electron chi connectivity index (χ3n) is 5.76. The Kier molecular flexibility index (Phi) is 3.33. The van der Waals surface area contributed by atoms with Gasteiger partial charge in [0.2, 0.25) is 0 Å². The number of rotatable bonds is 1. The average Bonchev–Trinajstić information content (AvgIpc) is 2.22. The van der Waals surface area contributed by atoms with Gasteiger partial charge in [-0.1, -0.05) is 13.8 Å². The second kappa shape index (κ2) is 4.24. The fraction of sp³-hybridized carbons (Fsp3) is 1.00. The topological polar surface area (TPSA) is 40.5 Å². The van der Waals surface area contributed by atoms with Gasteiger partial charge in [0.05, 0.1) is 11.7 Å². The standard InChI is InChI=1S/C15H28O2/c1-10-5-6-13(16)15(4)8-7-11(9-12(10)15)14(2,3)17/h10-13,16-17H,5-9H2,1-4H3/t10-,11+,12-,13+,15+/m0/s1. The Hall–Kier alpha value is -0.0800. The van der Waals surface area contributed by atoms with Crippen LogP contribution in [0, 0.1) is 23.2 Å². The van der Waals surface area contributed by atoms with E-state index >= 15 is 0 Å². The maximum absolute atomic E-state index is 10.3. The SMILES string of the molecule is C[C@H]1CC[C@@H](O)[C@]2(C)CC[C@@H](C(C)(C)O)C[C@@H]12. The van der Waals surface area contributed by atoms with Crippen molar-refractivity contribution in [2.24, 2.45) is 23.2 Å². The molecule has 0 radical (unpaired) electrons. The summed E-state index contributed by atoms with van der Waals surface area (Å²) in [7, 11) is 0. The summed E-state index contributed by atoms with van der Waals surface area (Å²) in [4.78, 5) is 0. The van der Waals surface area contributed by atoms with Crippen LogP contribution in [-0.2, 0) is 0 Å². The smallest absolute Gasteiger partial charge is 0.0619 e. The summed E-state index contributed by atoms with van der Waals surface area (Å²) in [6.07, 6.45) is 5.17. The average molecular weight is 240 g/mol. The second-order valence-corrected chi connectivity index (χ2v) is 7.31. The van der Waals surface area contributed by atoms with Crippen molar-refractivity contribution in [1.82, 2.24) is 0 Å². The van der Waals surface area contributed by atoms with Gasteiger partial charge in [0.25, 0.3) is 0 Å². The van der Waals surface area contributed by atoms with E-state index < -0.39 is 5.60 Å². The van der Waals surface area contributed by atoms with E-state index in [1.54, 1.807) is 0 Å². The minimum Gasteiger partial charge on any atom is -0.393 e. The molecule has 2 rings (SSSR count). The third kappa shape index (κ3) is 2.26. The van der Waals surface area contributed by atoms with Gasteiger partial charge in [-0.05, 0) is 69.1 Å². The lowest BCUT2D eigenvalue weighted by molar-refractivity contribution is -0.124. The predicted molar refractivity (Wildman–Crippen MR) is 69.6 cm³/mol. The number of fused-ring (bicyclic) bond motifs is 1. The minimum absolute atomic E-state index is 0.0966. The first kappa shape index (κ1) is 13.4. The fourth-order valence-electron chi connectivity index (χ4n) is 4.25. The molecule has 2 N–H and O–H groups in total. The number of aliphatic hydroxyl groups is 2. The molecule has 0 saturated heterocycles. The Bertz CT molecular complexity index is 281. The second-order valence-electron chi connectivity index (χ2n) is 7.31. The van der Waals surface area contributed by atoms with Crippen molar-refractivity contribution in [3.05, 3.63) is 0 Å². The Morgan fingerprint density at radius 3 is 2.41 bits per heavy atom. The molecule has 0 unspecified atom stereocenters. The van der Waals surface area contributed by atoms with Crippen molar-refractivity contribution in [2.75, 3.05) is 0 Å². The van der Waals surface area contributed by atoms with Gasteiger partial charge in [-0.2, -0.15) is 0 Å². The van der Waals surface area contributed by atoms with Crippen LogP contribution in [0.4, 0.5) is 0 Å². The van der Waals surface area contributed by atoms with E-state index in [1.807, 2.05) is 13.8 Å². The van der Waals surface area contributed by atoms with Crippen molar-refractivity contribution in [2.45, 2.75) is 71.5 Å². The molecule has 2 saturated carbocycles. The summed E-state index contributed by atoms with van der Waals surface area (Å²) in [5, 5.41) is 20.5. The summed E-state index contributed by atoms with van der Waals surface area (Å²) in [6.45, 7) is 8.45. The van der Waals surface area contributed by atoms with Gasteiger partial charge in [-0.15, -0.1) is 0 Å². The van der Waals surface area contributed by atoms with Crippen LogP contribution >= 0.6 is 0 Å². The van der Waals surface area contributed by atoms with Crippen LogP contribution in [0.5, 0.6) is 0 Å². The molecule has 0 bridgehead atoms. The number of hydrogen-bond acceptors (Lipinski definition) is 2. The van der Waals surface area contributed by atoms with E-state index in [4.69, 9.17) is 0 Å². The first-order valence-electron chi connectivity index (χ1n) is 7.15. The molecule has 0 amide bonds. The summed E-state index contributed by atoms with van der Waals surface area (Å²) in [5.41, 5.74) is -0.469. The highest BCUT2D eigenvalue weighted by Gasteiger charge is 2.51. The molecule has 2 fully saturated rings. The van der Waals surface area contributed by atoms with Crippen molar-refractivity contribution in [3.8, 4) is 0 Å². The quantitative estimate of drug-likeness (QED) is 0.740. The van der Waals surface area contributed by atoms with E-state index in [9.17, 15) is 10.2 Å². The van der Waals surface area contributed by atoms with Gasteiger partial charge >= 0.3 is 0 Å². The minimum atomic E-state index is -0.566. The molecular weight excluding hydrogens is 212 g/mol. The van der Waals surface area contributed by atoms with Gasteiger partial charge in [0.1, 0.15) is 0 Å². The number of aliphatic hydroxyl groups excluding tert-OH is 1. The van der Waals surface area contributed by atoms with E-state index in [1.165, 1.54) is 0 Å². The van der Waals surface area contributed by atoms with Gasteiger partial charge in [0.15, 0.2) is 0 Å². The van der Waals surface area contributed by atoms with E-state index in [0.29, 0.717) is 17.8 Å². The molecule has 0 spiro atoms. The van der Waals surface area contributed by atoms with Gasteiger partial charge in [-0.3, -0.25) is 0 Å². The zero-order chi connectivity index (χ0) is 12.8. The summed E-state index contributed by atoms with van der Waals surface area (Å²) in [6, 6.07) is 0. The molecule has 100 valence electrons. The predicted octanol–water partition coefficient (Wildman–Crippen LogP) is 2.97. The highest BCUT2D eigenvalue weighted by molar-refractivity contribution is 5.01. The highest BCUT2D eigenvalue weighted by Crippen LogP contribution is 2.55. The fourth-order valence-corrected chi connectivity index (χ4v) is 4.25. The third-order valence-corrected chi connectivity index (χ3v) is 5.76. The molecule has 2 aliphatic rings. The molecule has 0 heterocycles. The van der Waals surface area contributed by atoms with E-state index in [0.717, 1.165) is 32.1 Å². The van der Waals surface area contributed by atoms with Gasteiger partial charge in [-0.25, -0.2) is 0 Å². The van der Waals surface area contributed by atoms with E-state index in [2.05, 4.69) is 13.8 Å². The molecule has 5 atom stereocenters. The van der Waals surface area contributed by atoms with Crippen molar-refractivity contribution < 1.29 is 10.2 Å². The Morgan fingerprint density at radius 1 is 1.18 bits per heavy atom. The maximum atomic E-state index is 10.3. The Morgan fingerprint density at radius 2 is 1.82 bits per heavy atom. The van der Waals surface area contributed by atoms with E-state index in [-0.39, 0.29) is 11.5 Å². The lowest BCUT2D eigenvalue weighted by atomic mass is 9.52. The van der Waals surface area contributed by atoms with Crippen molar-refractivity contribution >= 4 is 0 Å². The largest absolute Gasteiger partial charge is 0.393 e. The zero-order valence-corrected chi connectivity index (χ0v) is 11.7. The normalized spacial score (nSPS) is 47.6. The molecule has 2 heteroatoms. The Labute approximate surface area is 105 Å². The zero-order valence-electron chi connectivity index (χ0n) is 11.7. The van der Waals surface area contributed by atoms with Crippen molar-refractivity contribution in [1.29, 1.82) is 0 Å². The summed E-state index contributed by atoms with van der Waals surface area (Å²) < 4.78 is 0. The van der Waals surface area contributed by atoms with Crippen LogP contribution in [0.15, 0.2) is 0 Å². The first-order valence-corrected chi connectivity index (χ1v) is 7.15. The molecule has 0 aromatic rings. The van der Waals surface area contributed by atoms with Gasteiger partial charge < -0.3 is 10.2 Å². The van der Waals surface area contributed by atoms with Crippen LogP contribution < -0.4 is 0 Å². The maximum Gasteiger partial charge on any atom is 0.0619 e. The van der Waals surface area contributed by atoms with Crippen LogP contribution in [0.25, 0.3) is 0 Å². The van der Waals surface area contributed by atoms with Crippen LogP contribution in [0.1, 0.15) is 59.8 Å². The molecule has 2 aliphatic carbocycles. The number of hydrogen-bond donors (Lipinski definition) is 2. The highest BCUT2D eigenvalue weighted by atomic mass is 16.3. The molecule has 0 aromatic heterocycles. The molecular formula is C15H28O2. The van der Waals surface area contributed by atoms with Crippen LogP contribution in [0.2, 0.25) is 0 Å². The Balaban J connectivity index is 2.18. The molecule has 17 heavy (non-hydrogen) atoms. The van der Waals surface area contributed by atoms with Crippen LogP contribution in [0.3, 0.4) is 0 Å². The van der Waals surface area contributed by atoms with Crippen molar-refractivity contribution in [3.63, 3.8) is 0 Å². The molecule has 2 nitrogen and oxygen atoms in total. The first-order chi connectivity index (χ1) is 7.75. The molecule has 0 aromatic carbocycles. The van der Waals surface area contributed by atoms with Crippen LogP contribution in [-0.4, -0.2) is 21.9 Å². The summed E-state index contributed by atoms with van der Waals surface area (Å²) in [5.74, 6) is 1.67. The lowest BCUT2D eigenvalue weighted by Gasteiger charge is -2.54. The van der Waals surface area contributed by atoms with Gasteiger partial charge in [0, 0.05) is 0 Å².